The van der Waals surface area contributed by atoms with Crippen LogP contribution in [-0.4, -0.2) is 40.2 Å². The molecule has 1 aliphatic rings. The number of rotatable bonds is 7. The predicted octanol–water partition coefficient (Wildman–Crippen LogP) is 4.41. The van der Waals surface area contributed by atoms with Crippen molar-refractivity contribution in [2.24, 2.45) is 5.92 Å². The van der Waals surface area contributed by atoms with Crippen LogP contribution < -0.4 is 5.56 Å². The van der Waals surface area contributed by atoms with Crippen LogP contribution in [0.3, 0.4) is 0 Å². The lowest BCUT2D eigenvalue weighted by Crippen LogP contribution is -2.42. The van der Waals surface area contributed by atoms with Crippen molar-refractivity contribution in [1.82, 2.24) is 9.47 Å². The van der Waals surface area contributed by atoms with Gasteiger partial charge >= 0.3 is 5.97 Å². The van der Waals surface area contributed by atoms with Gasteiger partial charge in [0.25, 0.3) is 5.56 Å². The number of nitrogens with zero attached hydrogens (tertiary/aromatic N) is 2. The first-order valence-electron chi connectivity index (χ1n) is 12.0. The maximum Gasteiger partial charge on any atom is 0.309 e. The van der Waals surface area contributed by atoms with E-state index in [4.69, 9.17) is 4.74 Å². The molecule has 0 aliphatic carbocycles. The molecule has 1 atom stereocenters. The van der Waals surface area contributed by atoms with Crippen LogP contribution in [0.15, 0.2) is 65.5 Å². The first-order chi connectivity index (χ1) is 16.9. The zero-order valence-electron chi connectivity index (χ0n) is 20.1. The van der Waals surface area contributed by atoms with Gasteiger partial charge in [-0.3, -0.25) is 14.5 Å². The number of carbonyl (C=O) groups is 1. The van der Waals surface area contributed by atoms with Crippen LogP contribution >= 0.6 is 0 Å². The largest absolute Gasteiger partial charge is 0.507 e. The standard InChI is InChI=1S/C28H31FN2O4/c1-3-35-28(34)22-13-15-30(16-14-22)26(21-9-11-23(29)12-10-21)25-24(32)17-19(2)31(27(25)33)18-20-7-5-4-6-8-20/h4-12,17,22,26,32H,3,13-16,18H2,1-2H3/t26-/m0/s1. The summed E-state index contributed by atoms with van der Waals surface area (Å²) >= 11 is 0. The molecule has 2 aromatic carbocycles. The first kappa shape index (κ1) is 24.7. The quantitative estimate of drug-likeness (QED) is 0.509. The Morgan fingerprint density at radius 1 is 1.11 bits per heavy atom. The molecular weight excluding hydrogens is 447 g/mol. The maximum atomic E-state index is 13.8. The lowest BCUT2D eigenvalue weighted by atomic mass is 9.91. The Morgan fingerprint density at radius 3 is 2.40 bits per heavy atom. The molecule has 0 unspecified atom stereocenters. The van der Waals surface area contributed by atoms with Gasteiger partial charge in [-0.25, -0.2) is 4.39 Å². The number of halogens is 1. The summed E-state index contributed by atoms with van der Waals surface area (Å²) in [7, 11) is 0. The molecule has 0 radical (unpaired) electrons. The van der Waals surface area contributed by atoms with Crippen molar-refractivity contribution in [1.29, 1.82) is 0 Å². The molecule has 7 heteroatoms. The average Bonchev–Trinajstić information content (AvgIpc) is 2.86. The van der Waals surface area contributed by atoms with Crippen molar-refractivity contribution in [2.75, 3.05) is 19.7 Å². The van der Waals surface area contributed by atoms with E-state index in [-0.39, 0.29) is 34.6 Å². The zero-order chi connectivity index (χ0) is 24.9. The maximum absolute atomic E-state index is 13.8. The van der Waals surface area contributed by atoms with Crippen LogP contribution in [0.1, 0.15) is 48.2 Å². The Kier molecular flexibility index (Phi) is 7.66. The molecule has 1 saturated heterocycles. The molecule has 0 saturated carbocycles. The van der Waals surface area contributed by atoms with Gasteiger partial charge in [0.2, 0.25) is 0 Å². The molecule has 6 nitrogen and oxygen atoms in total. The fourth-order valence-electron chi connectivity index (χ4n) is 4.85. The number of pyridine rings is 1. The lowest BCUT2D eigenvalue weighted by molar-refractivity contribution is -0.149. The fraction of sp³-hybridized carbons (Fsp3) is 0.357. The third-order valence-corrected chi connectivity index (χ3v) is 6.68. The number of piperidine rings is 1. The second kappa shape index (κ2) is 10.9. The van der Waals surface area contributed by atoms with Gasteiger partial charge in [-0.2, -0.15) is 0 Å². The molecule has 4 rings (SSSR count). The smallest absolute Gasteiger partial charge is 0.309 e. The molecule has 2 heterocycles. The minimum Gasteiger partial charge on any atom is -0.507 e. The van der Waals surface area contributed by atoms with E-state index in [9.17, 15) is 19.1 Å². The summed E-state index contributed by atoms with van der Waals surface area (Å²) in [6.45, 7) is 5.38. The number of benzene rings is 2. The third kappa shape index (κ3) is 5.46. The number of aromatic hydroxyl groups is 1. The highest BCUT2D eigenvalue weighted by atomic mass is 19.1. The van der Waals surface area contributed by atoms with E-state index in [1.165, 1.54) is 12.1 Å². The van der Waals surface area contributed by atoms with Crippen LogP contribution in [0.5, 0.6) is 5.75 Å². The third-order valence-electron chi connectivity index (χ3n) is 6.68. The van der Waals surface area contributed by atoms with Gasteiger partial charge in [0.05, 0.1) is 30.7 Å². The second-order valence-electron chi connectivity index (χ2n) is 8.98. The van der Waals surface area contributed by atoms with E-state index in [0.29, 0.717) is 50.3 Å². The Morgan fingerprint density at radius 2 is 1.77 bits per heavy atom. The van der Waals surface area contributed by atoms with Gasteiger partial charge in [0.15, 0.2) is 0 Å². The van der Waals surface area contributed by atoms with E-state index >= 15 is 0 Å². The van der Waals surface area contributed by atoms with Crippen LogP contribution in [0.25, 0.3) is 0 Å². The van der Waals surface area contributed by atoms with Crippen LogP contribution in [-0.2, 0) is 16.1 Å². The number of hydrogen-bond donors (Lipinski definition) is 1. The number of hydrogen-bond acceptors (Lipinski definition) is 5. The second-order valence-corrected chi connectivity index (χ2v) is 8.98. The number of carbonyl (C=O) groups excluding carboxylic acids is 1. The highest BCUT2D eigenvalue weighted by Crippen LogP contribution is 2.35. The summed E-state index contributed by atoms with van der Waals surface area (Å²) in [6, 6.07) is 16.7. The number of esters is 1. The minimum absolute atomic E-state index is 0.0846. The molecule has 0 amide bonds. The molecule has 3 aromatic rings. The van der Waals surface area contributed by atoms with Crippen molar-refractivity contribution >= 4 is 5.97 Å². The van der Waals surface area contributed by atoms with Crippen molar-refractivity contribution < 1.29 is 19.0 Å². The van der Waals surface area contributed by atoms with E-state index in [0.717, 1.165) is 5.56 Å². The number of aryl methyl sites for hydroxylation is 1. The van der Waals surface area contributed by atoms with Crippen LogP contribution in [0.2, 0.25) is 0 Å². The molecule has 1 fully saturated rings. The van der Waals surface area contributed by atoms with Gasteiger partial charge in [0, 0.05) is 5.69 Å². The van der Waals surface area contributed by atoms with E-state index < -0.39 is 6.04 Å². The molecular formula is C28H31FN2O4. The predicted molar refractivity (Wildman–Crippen MR) is 132 cm³/mol. The molecule has 1 aromatic heterocycles. The van der Waals surface area contributed by atoms with Gasteiger partial charge in [-0.1, -0.05) is 42.5 Å². The molecule has 0 spiro atoms. The Bertz CT molecular complexity index is 1220. The van der Waals surface area contributed by atoms with E-state index in [1.54, 1.807) is 36.6 Å². The Hall–Kier alpha value is -3.45. The SMILES string of the molecule is CCOC(=O)C1CCN([C@@H](c2ccc(F)cc2)c2c(O)cc(C)n(Cc3ccccc3)c2=O)CC1. The van der Waals surface area contributed by atoms with Gasteiger partial charge < -0.3 is 14.4 Å². The van der Waals surface area contributed by atoms with Crippen molar-refractivity contribution in [3.63, 3.8) is 0 Å². The molecule has 1 aliphatic heterocycles. The average molecular weight is 479 g/mol. The van der Waals surface area contributed by atoms with Crippen molar-refractivity contribution in [3.05, 3.63) is 99.2 Å². The molecule has 0 bridgehead atoms. The van der Waals surface area contributed by atoms with E-state index in [2.05, 4.69) is 4.90 Å². The Labute approximate surface area is 204 Å². The van der Waals surface area contributed by atoms with Gasteiger partial charge in [0.1, 0.15) is 11.6 Å². The van der Waals surface area contributed by atoms with Crippen LogP contribution in [0.4, 0.5) is 4.39 Å². The monoisotopic (exact) mass is 478 g/mol. The number of ether oxygens (including phenoxy) is 1. The Balaban J connectivity index is 1.74. The lowest BCUT2D eigenvalue weighted by Gasteiger charge is -2.37. The molecule has 1 N–H and O–H groups in total. The van der Waals surface area contributed by atoms with E-state index in [1.807, 2.05) is 30.3 Å². The zero-order valence-corrected chi connectivity index (χ0v) is 20.1. The summed E-state index contributed by atoms with van der Waals surface area (Å²) < 4.78 is 20.6. The number of aromatic nitrogens is 1. The summed E-state index contributed by atoms with van der Waals surface area (Å²) in [5.41, 5.74) is 2.31. The summed E-state index contributed by atoms with van der Waals surface area (Å²) in [5, 5.41) is 11.0. The van der Waals surface area contributed by atoms with Crippen molar-refractivity contribution in [2.45, 2.75) is 39.3 Å². The molecule has 184 valence electrons. The highest BCUT2D eigenvalue weighted by Gasteiger charge is 2.34. The molecule has 35 heavy (non-hydrogen) atoms. The minimum atomic E-state index is -0.575. The highest BCUT2D eigenvalue weighted by molar-refractivity contribution is 5.72. The summed E-state index contributed by atoms with van der Waals surface area (Å²) in [6.07, 6.45) is 1.17. The summed E-state index contributed by atoms with van der Waals surface area (Å²) in [5.74, 6) is -0.850. The van der Waals surface area contributed by atoms with Gasteiger partial charge in [-0.05, 0) is 69.1 Å². The van der Waals surface area contributed by atoms with Crippen LogP contribution in [0, 0.1) is 18.7 Å². The summed E-state index contributed by atoms with van der Waals surface area (Å²) in [4.78, 5) is 28.2. The first-order valence-corrected chi connectivity index (χ1v) is 12.0. The van der Waals surface area contributed by atoms with Crippen molar-refractivity contribution in [3.8, 4) is 5.75 Å². The topological polar surface area (TPSA) is 71.8 Å². The normalized spacial score (nSPS) is 15.6. The number of likely N-dealkylation sites (tertiary alicyclic amines) is 1. The van der Waals surface area contributed by atoms with Gasteiger partial charge in [-0.15, -0.1) is 0 Å². The fourth-order valence-corrected chi connectivity index (χ4v) is 4.85.